The van der Waals surface area contributed by atoms with Crippen LogP contribution in [0.5, 0.6) is 0 Å². The molecule has 6 heteroatoms. The summed E-state index contributed by atoms with van der Waals surface area (Å²) in [5.41, 5.74) is 0. The third-order valence-corrected chi connectivity index (χ3v) is 5.03. The molecular weight excluding hydrogens is 202 g/mol. The lowest BCUT2D eigenvalue weighted by atomic mass is 10.4. The maximum Gasteiger partial charge on any atom is 0.500 e. The Morgan fingerprint density at radius 3 is 2.00 bits per heavy atom. The summed E-state index contributed by atoms with van der Waals surface area (Å²) < 4.78 is 15.8. The number of aliphatic hydroxyl groups excluding tert-OH is 1. The molecule has 86 valence electrons. The highest BCUT2D eigenvalue weighted by Gasteiger charge is 2.36. The van der Waals surface area contributed by atoms with E-state index in [-0.39, 0.29) is 6.73 Å². The van der Waals surface area contributed by atoms with Crippen molar-refractivity contribution in [3.8, 4) is 0 Å². The van der Waals surface area contributed by atoms with Gasteiger partial charge >= 0.3 is 8.80 Å². The van der Waals surface area contributed by atoms with Crippen LogP contribution in [-0.4, -0.2) is 60.5 Å². The summed E-state index contributed by atoms with van der Waals surface area (Å²) in [4.78, 5) is 1.82. The molecule has 0 aliphatic heterocycles. The van der Waals surface area contributed by atoms with Crippen molar-refractivity contribution in [1.29, 1.82) is 0 Å². The predicted octanol–water partition coefficient (Wildman–Crippen LogP) is 0.136. The van der Waals surface area contributed by atoms with Crippen LogP contribution in [0.4, 0.5) is 0 Å². The first kappa shape index (κ1) is 14.0. The lowest BCUT2D eigenvalue weighted by Gasteiger charge is -2.25. The van der Waals surface area contributed by atoms with Crippen LogP contribution >= 0.6 is 0 Å². The highest BCUT2D eigenvalue weighted by Crippen LogP contribution is 2.14. The van der Waals surface area contributed by atoms with E-state index >= 15 is 0 Å². The first-order chi connectivity index (χ1) is 6.64. The van der Waals surface area contributed by atoms with Gasteiger partial charge in [0.2, 0.25) is 0 Å². The molecule has 0 aliphatic carbocycles. The molecule has 0 saturated heterocycles. The molecule has 0 rings (SSSR count). The molecule has 0 saturated carbocycles. The fraction of sp³-hybridized carbons (Fsp3) is 1.00. The van der Waals surface area contributed by atoms with Crippen LogP contribution in [0.15, 0.2) is 0 Å². The maximum atomic E-state index is 8.78. The molecule has 14 heavy (non-hydrogen) atoms. The van der Waals surface area contributed by atoms with Gasteiger partial charge in [-0.25, -0.2) is 0 Å². The number of nitrogens with zero attached hydrogens (tertiary/aromatic N) is 1. The van der Waals surface area contributed by atoms with E-state index in [2.05, 4.69) is 0 Å². The highest BCUT2D eigenvalue weighted by molar-refractivity contribution is 6.60. The smallest absolute Gasteiger partial charge is 0.381 e. The highest BCUT2D eigenvalue weighted by atomic mass is 28.4. The summed E-state index contributed by atoms with van der Waals surface area (Å²) in [6.07, 6.45) is 0.888. The molecule has 0 radical (unpaired) electrons. The van der Waals surface area contributed by atoms with Crippen LogP contribution in [0.1, 0.15) is 6.42 Å². The molecule has 0 bridgehead atoms. The van der Waals surface area contributed by atoms with Crippen LogP contribution in [0.25, 0.3) is 0 Å². The third kappa shape index (κ3) is 4.49. The van der Waals surface area contributed by atoms with E-state index in [4.69, 9.17) is 18.4 Å². The van der Waals surface area contributed by atoms with Crippen molar-refractivity contribution in [3.63, 3.8) is 0 Å². The van der Waals surface area contributed by atoms with Gasteiger partial charge < -0.3 is 18.4 Å². The van der Waals surface area contributed by atoms with Crippen molar-refractivity contribution in [2.75, 3.05) is 41.7 Å². The van der Waals surface area contributed by atoms with Gasteiger partial charge in [-0.05, 0) is 20.0 Å². The topological polar surface area (TPSA) is 51.2 Å². The molecule has 0 aliphatic rings. The van der Waals surface area contributed by atoms with Gasteiger partial charge in [0.1, 0.15) is 0 Å². The molecule has 0 spiro atoms. The lowest BCUT2D eigenvalue weighted by Crippen LogP contribution is -2.43. The van der Waals surface area contributed by atoms with Crippen molar-refractivity contribution in [2.45, 2.75) is 12.5 Å². The molecule has 0 heterocycles. The number of hydrogen-bond donors (Lipinski definition) is 1. The SMILES string of the molecule is CO[Si](CCCN(C)CO)(OC)OC. The number of hydrogen-bond acceptors (Lipinski definition) is 5. The Morgan fingerprint density at radius 1 is 1.14 bits per heavy atom. The van der Waals surface area contributed by atoms with Crippen LogP contribution in [-0.2, 0) is 13.3 Å². The summed E-state index contributed by atoms with van der Waals surface area (Å²) >= 11 is 0. The average molecular weight is 223 g/mol. The van der Waals surface area contributed by atoms with E-state index in [1.807, 2.05) is 11.9 Å². The van der Waals surface area contributed by atoms with Gasteiger partial charge in [-0.3, -0.25) is 4.90 Å². The van der Waals surface area contributed by atoms with Gasteiger partial charge in [0.25, 0.3) is 0 Å². The van der Waals surface area contributed by atoms with Gasteiger partial charge in [-0.15, -0.1) is 0 Å². The molecule has 0 aromatic carbocycles. The monoisotopic (exact) mass is 223 g/mol. The molecule has 0 aromatic rings. The molecule has 0 atom stereocenters. The van der Waals surface area contributed by atoms with Crippen LogP contribution in [0.2, 0.25) is 6.04 Å². The number of rotatable bonds is 8. The minimum Gasteiger partial charge on any atom is -0.381 e. The zero-order valence-electron chi connectivity index (χ0n) is 9.45. The molecule has 5 nitrogen and oxygen atoms in total. The normalized spacial score (nSPS) is 12.4. The van der Waals surface area contributed by atoms with Crippen molar-refractivity contribution in [2.24, 2.45) is 0 Å². The third-order valence-electron chi connectivity index (χ3n) is 2.20. The predicted molar refractivity (Wildman–Crippen MR) is 55.9 cm³/mol. The van der Waals surface area contributed by atoms with Crippen molar-refractivity contribution in [3.05, 3.63) is 0 Å². The second-order valence-electron chi connectivity index (χ2n) is 3.12. The van der Waals surface area contributed by atoms with Crippen LogP contribution in [0.3, 0.4) is 0 Å². The van der Waals surface area contributed by atoms with E-state index in [1.165, 1.54) is 0 Å². The maximum absolute atomic E-state index is 8.78. The summed E-state index contributed by atoms with van der Waals surface area (Å²) in [7, 11) is 4.27. The first-order valence-electron chi connectivity index (χ1n) is 4.59. The Hall–Kier alpha value is 0.0169. The minimum atomic E-state index is -2.41. The lowest BCUT2D eigenvalue weighted by molar-refractivity contribution is 0.113. The fourth-order valence-corrected chi connectivity index (χ4v) is 2.90. The average Bonchev–Trinajstić information content (AvgIpc) is 2.25. The van der Waals surface area contributed by atoms with Gasteiger partial charge in [-0.2, -0.15) is 0 Å². The Morgan fingerprint density at radius 2 is 1.64 bits per heavy atom. The second kappa shape index (κ2) is 7.33. The van der Waals surface area contributed by atoms with E-state index in [0.717, 1.165) is 19.0 Å². The molecule has 0 fully saturated rings. The molecular formula is C8H21NO4Si. The summed E-state index contributed by atoms with van der Waals surface area (Å²) in [6, 6.07) is 0.765. The van der Waals surface area contributed by atoms with Gasteiger partial charge in [-0.1, -0.05) is 0 Å². The zero-order chi connectivity index (χ0) is 11.0. The van der Waals surface area contributed by atoms with Crippen LogP contribution in [0, 0.1) is 0 Å². The Kier molecular flexibility index (Phi) is 7.34. The largest absolute Gasteiger partial charge is 0.500 e. The number of aliphatic hydroxyl groups is 1. The molecule has 0 unspecified atom stereocenters. The summed E-state index contributed by atoms with van der Waals surface area (Å²) in [5.74, 6) is 0. The van der Waals surface area contributed by atoms with Crippen molar-refractivity contribution in [1.82, 2.24) is 4.90 Å². The van der Waals surface area contributed by atoms with Crippen LogP contribution < -0.4 is 0 Å². The van der Waals surface area contributed by atoms with E-state index in [9.17, 15) is 0 Å². The van der Waals surface area contributed by atoms with Gasteiger partial charge in [0.05, 0.1) is 6.73 Å². The van der Waals surface area contributed by atoms with Crippen molar-refractivity contribution < 1.29 is 18.4 Å². The molecule has 1 N–H and O–H groups in total. The quantitative estimate of drug-likeness (QED) is 0.468. The molecule has 0 aromatic heterocycles. The second-order valence-corrected chi connectivity index (χ2v) is 6.21. The first-order valence-corrected chi connectivity index (χ1v) is 6.52. The molecule has 0 amide bonds. The Labute approximate surface area is 86.9 Å². The standard InChI is InChI=1S/C8H21NO4Si/c1-9(8-10)6-5-7-14(11-2,12-3)13-4/h10H,5-8H2,1-4H3. The van der Waals surface area contributed by atoms with E-state index in [0.29, 0.717) is 0 Å². The summed E-state index contributed by atoms with van der Waals surface area (Å²) in [5, 5.41) is 8.78. The summed E-state index contributed by atoms with van der Waals surface area (Å²) in [6.45, 7) is 0.878. The van der Waals surface area contributed by atoms with E-state index in [1.54, 1.807) is 21.3 Å². The minimum absolute atomic E-state index is 0.0709. The Bertz CT molecular complexity index is 135. The fourth-order valence-electron chi connectivity index (χ4n) is 1.19. The Balaban J connectivity index is 3.82. The van der Waals surface area contributed by atoms with Gasteiger partial charge in [0.15, 0.2) is 0 Å². The zero-order valence-corrected chi connectivity index (χ0v) is 10.4. The van der Waals surface area contributed by atoms with E-state index < -0.39 is 8.80 Å². The van der Waals surface area contributed by atoms with Gasteiger partial charge in [0, 0.05) is 27.4 Å². The van der Waals surface area contributed by atoms with Crippen molar-refractivity contribution >= 4 is 8.80 Å².